The number of nitrogens with zero attached hydrogens (tertiary/aromatic N) is 4. The summed E-state index contributed by atoms with van der Waals surface area (Å²) in [6, 6.07) is 25.8. The van der Waals surface area contributed by atoms with Crippen molar-refractivity contribution in [1.82, 2.24) is 15.1 Å². The van der Waals surface area contributed by atoms with Gasteiger partial charge in [0.15, 0.2) is 5.82 Å². The number of para-hydroxylation sites is 1. The Hall–Kier alpha value is -4.13. The highest BCUT2D eigenvalue weighted by molar-refractivity contribution is 5.94. The van der Waals surface area contributed by atoms with Crippen LogP contribution < -0.4 is 15.0 Å². The molecule has 0 aliphatic carbocycles. The minimum Gasteiger partial charge on any atom is -0.497 e. The second-order valence-corrected chi connectivity index (χ2v) is 8.31. The fraction of sp³-hybridized carbons (Fsp3) is 0.222. The molecule has 7 heteroatoms. The molecule has 1 fully saturated rings. The van der Waals surface area contributed by atoms with Gasteiger partial charge < -0.3 is 19.9 Å². The molecule has 0 unspecified atom stereocenters. The first-order chi connectivity index (χ1) is 16.7. The normalized spacial score (nSPS) is 13.7. The Morgan fingerprint density at radius 3 is 2.24 bits per heavy atom. The highest BCUT2D eigenvalue weighted by Crippen LogP contribution is 2.28. The number of piperazine rings is 1. The summed E-state index contributed by atoms with van der Waals surface area (Å²) < 4.78 is 5.26. The number of hydrogen-bond donors (Lipinski definition) is 1. The van der Waals surface area contributed by atoms with E-state index in [1.54, 1.807) is 7.11 Å². The molecule has 0 bridgehead atoms. The number of amides is 2. The molecule has 1 saturated heterocycles. The fourth-order valence-corrected chi connectivity index (χ4v) is 4.29. The van der Waals surface area contributed by atoms with E-state index in [-0.39, 0.29) is 6.03 Å². The van der Waals surface area contributed by atoms with Crippen LogP contribution in [0.15, 0.2) is 78.9 Å². The van der Waals surface area contributed by atoms with Crippen LogP contribution >= 0.6 is 0 Å². The van der Waals surface area contributed by atoms with E-state index in [2.05, 4.69) is 44.7 Å². The molecule has 1 aliphatic heterocycles. The summed E-state index contributed by atoms with van der Waals surface area (Å²) in [5.74, 6) is 1.71. The number of carbonyl (C=O) groups excluding carboxylic acids is 1. The van der Waals surface area contributed by atoms with Crippen molar-refractivity contribution in [2.75, 3.05) is 43.5 Å². The maximum absolute atomic E-state index is 12.6. The molecule has 0 spiro atoms. The number of aromatic nitrogens is 2. The highest BCUT2D eigenvalue weighted by atomic mass is 16.5. The number of urea groups is 1. The van der Waals surface area contributed by atoms with E-state index in [0.717, 1.165) is 39.3 Å². The predicted molar refractivity (Wildman–Crippen MR) is 135 cm³/mol. The van der Waals surface area contributed by atoms with Crippen molar-refractivity contribution in [3.63, 3.8) is 0 Å². The van der Waals surface area contributed by atoms with E-state index in [1.807, 2.05) is 59.5 Å². The molecule has 1 aliphatic rings. The third kappa shape index (κ3) is 4.64. The molecule has 172 valence electrons. The van der Waals surface area contributed by atoms with Gasteiger partial charge in [-0.05, 0) is 29.8 Å². The molecule has 4 aromatic rings. The predicted octanol–water partition coefficient (Wildman–Crippen LogP) is 4.58. The van der Waals surface area contributed by atoms with E-state index in [0.29, 0.717) is 32.6 Å². The van der Waals surface area contributed by atoms with Crippen LogP contribution in [0.25, 0.3) is 10.8 Å². The van der Waals surface area contributed by atoms with Gasteiger partial charge in [-0.2, -0.15) is 5.10 Å². The molecule has 0 saturated carbocycles. The van der Waals surface area contributed by atoms with Gasteiger partial charge in [0.05, 0.1) is 12.8 Å². The van der Waals surface area contributed by atoms with Gasteiger partial charge >= 0.3 is 6.03 Å². The number of carbonyl (C=O) groups is 1. The van der Waals surface area contributed by atoms with Crippen LogP contribution in [0.1, 0.15) is 11.3 Å². The lowest BCUT2D eigenvalue weighted by molar-refractivity contribution is 0.208. The topological polar surface area (TPSA) is 70.6 Å². The zero-order valence-corrected chi connectivity index (χ0v) is 19.1. The van der Waals surface area contributed by atoms with Crippen molar-refractivity contribution < 1.29 is 9.53 Å². The molecule has 7 nitrogen and oxygen atoms in total. The van der Waals surface area contributed by atoms with Crippen molar-refractivity contribution in [3.05, 3.63) is 90.1 Å². The Labute approximate surface area is 199 Å². The van der Waals surface area contributed by atoms with E-state index in [4.69, 9.17) is 4.74 Å². The van der Waals surface area contributed by atoms with Gasteiger partial charge in [-0.25, -0.2) is 4.79 Å². The standard InChI is InChI=1S/C27H27N5O2/c1-34-22-13-11-20(12-14-22)19-25-23-9-5-6-10-24(23)26(30-29-25)31-15-17-32(18-16-31)27(33)28-21-7-3-2-4-8-21/h2-14H,15-19H2,1H3,(H,28,33). The lowest BCUT2D eigenvalue weighted by atomic mass is 10.0. The maximum Gasteiger partial charge on any atom is 0.321 e. The highest BCUT2D eigenvalue weighted by Gasteiger charge is 2.24. The number of anilines is 2. The lowest BCUT2D eigenvalue weighted by Gasteiger charge is -2.35. The van der Waals surface area contributed by atoms with Crippen LogP contribution in [0.5, 0.6) is 5.75 Å². The summed E-state index contributed by atoms with van der Waals surface area (Å²) in [6.07, 6.45) is 0.700. The molecule has 3 aromatic carbocycles. The number of methoxy groups -OCH3 is 1. The Bertz CT molecular complexity index is 1270. The molecule has 5 rings (SSSR count). The maximum atomic E-state index is 12.6. The van der Waals surface area contributed by atoms with E-state index >= 15 is 0 Å². The second-order valence-electron chi connectivity index (χ2n) is 8.31. The van der Waals surface area contributed by atoms with Crippen molar-refractivity contribution in [1.29, 1.82) is 0 Å². The number of rotatable bonds is 5. The van der Waals surface area contributed by atoms with Crippen LogP contribution in [0.3, 0.4) is 0 Å². The summed E-state index contributed by atoms with van der Waals surface area (Å²) in [7, 11) is 1.67. The van der Waals surface area contributed by atoms with Crippen LogP contribution in [0.2, 0.25) is 0 Å². The SMILES string of the molecule is COc1ccc(Cc2nnc(N3CCN(C(=O)Nc4ccccc4)CC3)c3ccccc23)cc1. The Balaban J connectivity index is 1.31. The van der Waals surface area contributed by atoms with Crippen molar-refractivity contribution in [2.24, 2.45) is 0 Å². The molecule has 2 amide bonds. The largest absolute Gasteiger partial charge is 0.497 e. The van der Waals surface area contributed by atoms with Crippen LogP contribution in [-0.2, 0) is 6.42 Å². The fourth-order valence-electron chi connectivity index (χ4n) is 4.29. The Morgan fingerprint density at radius 2 is 1.53 bits per heavy atom. The summed E-state index contributed by atoms with van der Waals surface area (Å²) in [5, 5.41) is 14.4. The quantitative estimate of drug-likeness (QED) is 0.479. The summed E-state index contributed by atoms with van der Waals surface area (Å²) >= 11 is 0. The average molecular weight is 454 g/mol. The van der Waals surface area contributed by atoms with Gasteiger partial charge in [-0.3, -0.25) is 0 Å². The third-order valence-electron chi connectivity index (χ3n) is 6.17. The van der Waals surface area contributed by atoms with E-state index in [1.165, 1.54) is 0 Å². The Kier molecular flexibility index (Phi) is 6.25. The van der Waals surface area contributed by atoms with Crippen molar-refractivity contribution in [2.45, 2.75) is 6.42 Å². The van der Waals surface area contributed by atoms with Gasteiger partial charge in [0.25, 0.3) is 0 Å². The third-order valence-corrected chi connectivity index (χ3v) is 6.17. The van der Waals surface area contributed by atoms with E-state index in [9.17, 15) is 4.79 Å². The number of hydrogen-bond acceptors (Lipinski definition) is 5. The Morgan fingerprint density at radius 1 is 0.853 bits per heavy atom. The molecule has 1 aromatic heterocycles. The van der Waals surface area contributed by atoms with Gasteiger partial charge in [-0.1, -0.05) is 54.6 Å². The first-order valence-corrected chi connectivity index (χ1v) is 11.4. The minimum absolute atomic E-state index is 0.0726. The lowest BCUT2D eigenvalue weighted by Crippen LogP contribution is -2.50. The monoisotopic (exact) mass is 453 g/mol. The molecular weight excluding hydrogens is 426 g/mol. The average Bonchev–Trinajstić information content (AvgIpc) is 2.90. The van der Waals surface area contributed by atoms with Crippen LogP contribution in [-0.4, -0.2) is 54.4 Å². The van der Waals surface area contributed by atoms with Crippen molar-refractivity contribution >= 4 is 28.3 Å². The number of nitrogens with one attached hydrogen (secondary N) is 1. The van der Waals surface area contributed by atoms with Crippen molar-refractivity contribution in [3.8, 4) is 5.75 Å². The first kappa shape index (κ1) is 21.7. The summed E-state index contributed by atoms with van der Waals surface area (Å²) in [4.78, 5) is 16.7. The smallest absolute Gasteiger partial charge is 0.321 e. The number of ether oxygens (including phenoxy) is 1. The van der Waals surface area contributed by atoms with Gasteiger partial charge in [-0.15, -0.1) is 5.10 Å². The summed E-state index contributed by atoms with van der Waals surface area (Å²) in [6.45, 7) is 2.67. The zero-order valence-electron chi connectivity index (χ0n) is 19.1. The summed E-state index contributed by atoms with van der Waals surface area (Å²) in [5.41, 5.74) is 2.91. The molecule has 2 heterocycles. The molecule has 1 N–H and O–H groups in total. The van der Waals surface area contributed by atoms with Crippen LogP contribution in [0, 0.1) is 0 Å². The van der Waals surface area contributed by atoms with E-state index < -0.39 is 0 Å². The second kappa shape index (κ2) is 9.79. The molecule has 34 heavy (non-hydrogen) atoms. The molecule has 0 radical (unpaired) electrons. The number of benzene rings is 3. The zero-order chi connectivity index (χ0) is 23.3. The van der Waals surface area contributed by atoms with Gasteiger partial charge in [0.2, 0.25) is 0 Å². The first-order valence-electron chi connectivity index (χ1n) is 11.4. The van der Waals surface area contributed by atoms with Gasteiger partial charge in [0, 0.05) is 49.1 Å². The van der Waals surface area contributed by atoms with Gasteiger partial charge in [0.1, 0.15) is 5.75 Å². The minimum atomic E-state index is -0.0726. The molecule has 0 atom stereocenters. The number of fused-ring (bicyclic) bond motifs is 1. The van der Waals surface area contributed by atoms with Crippen LogP contribution in [0.4, 0.5) is 16.3 Å². The molecular formula is C27H27N5O2.